The minimum absolute atomic E-state index is 0.0483. The van der Waals surface area contributed by atoms with Crippen molar-refractivity contribution in [3.05, 3.63) is 35.4 Å². The fraction of sp³-hybridized carbons (Fsp3) is 0.579. The normalized spacial score (nSPS) is 20.2. The molecular formula is C19H27NO3. The van der Waals surface area contributed by atoms with Crippen molar-refractivity contribution in [2.24, 2.45) is 5.92 Å². The quantitative estimate of drug-likeness (QED) is 0.783. The van der Waals surface area contributed by atoms with Gasteiger partial charge in [-0.25, -0.2) is 0 Å². The van der Waals surface area contributed by atoms with Crippen LogP contribution >= 0.6 is 0 Å². The maximum absolute atomic E-state index is 12.8. The van der Waals surface area contributed by atoms with E-state index in [1.165, 1.54) is 12.0 Å². The van der Waals surface area contributed by atoms with Crippen molar-refractivity contribution in [1.29, 1.82) is 0 Å². The molecule has 4 heteroatoms. The van der Waals surface area contributed by atoms with E-state index in [0.717, 1.165) is 25.8 Å². The Morgan fingerprint density at radius 1 is 1.26 bits per heavy atom. The summed E-state index contributed by atoms with van der Waals surface area (Å²) in [5.41, 5.74) is 1.80. The Morgan fingerprint density at radius 2 is 1.96 bits per heavy atom. The third kappa shape index (κ3) is 4.90. The summed E-state index contributed by atoms with van der Waals surface area (Å²) in [6, 6.07) is 7.99. The molecule has 1 aromatic carbocycles. The summed E-state index contributed by atoms with van der Waals surface area (Å²) >= 11 is 0. The lowest BCUT2D eigenvalue weighted by Crippen LogP contribution is -2.42. The van der Waals surface area contributed by atoms with Gasteiger partial charge in [-0.05, 0) is 38.3 Å². The van der Waals surface area contributed by atoms with Crippen molar-refractivity contribution in [2.75, 3.05) is 13.1 Å². The zero-order valence-corrected chi connectivity index (χ0v) is 14.1. The van der Waals surface area contributed by atoms with Gasteiger partial charge in [0, 0.05) is 24.1 Å². The Labute approximate surface area is 138 Å². The summed E-state index contributed by atoms with van der Waals surface area (Å²) in [6.07, 6.45) is 4.30. The number of hydrogen-bond donors (Lipinski definition) is 1. The second-order valence-electron chi connectivity index (χ2n) is 6.55. The number of Topliss-reactive ketones (excluding diaryl/α,β-unsaturated/α-hetero) is 1. The predicted molar refractivity (Wildman–Crippen MR) is 90.8 cm³/mol. The summed E-state index contributed by atoms with van der Waals surface area (Å²) in [4.78, 5) is 26.2. The molecule has 126 valence electrons. The Bertz CT molecular complexity index is 538. The van der Waals surface area contributed by atoms with Crippen LogP contribution in [-0.2, 0) is 11.2 Å². The number of likely N-dealkylation sites (tertiary alicyclic amines) is 1. The van der Waals surface area contributed by atoms with E-state index in [9.17, 15) is 14.7 Å². The number of carbonyl (C=O) groups excluding carboxylic acids is 1. The molecular weight excluding hydrogens is 290 g/mol. The summed E-state index contributed by atoms with van der Waals surface area (Å²) in [5, 5.41) is 9.19. The van der Waals surface area contributed by atoms with Crippen LogP contribution in [0.3, 0.4) is 0 Å². The molecule has 0 radical (unpaired) electrons. The minimum atomic E-state index is -0.904. The molecule has 1 fully saturated rings. The SMILES string of the molecule is CCc1ccc(C(=O)C(CC(=O)O)CN2CCCCC2C)cc1. The molecule has 0 aromatic heterocycles. The summed E-state index contributed by atoms with van der Waals surface area (Å²) in [5.74, 6) is -1.42. The summed E-state index contributed by atoms with van der Waals surface area (Å²) < 4.78 is 0. The molecule has 1 aliphatic heterocycles. The predicted octanol–water partition coefficient (Wildman–Crippen LogP) is 3.40. The second-order valence-corrected chi connectivity index (χ2v) is 6.55. The molecule has 2 unspecified atom stereocenters. The second kappa shape index (κ2) is 8.25. The third-order valence-corrected chi connectivity index (χ3v) is 4.83. The van der Waals surface area contributed by atoms with Crippen molar-refractivity contribution in [1.82, 2.24) is 4.90 Å². The van der Waals surface area contributed by atoms with Gasteiger partial charge in [0.25, 0.3) is 0 Å². The fourth-order valence-electron chi connectivity index (χ4n) is 3.30. The lowest BCUT2D eigenvalue weighted by Gasteiger charge is -2.35. The highest BCUT2D eigenvalue weighted by molar-refractivity contribution is 5.99. The first-order valence-electron chi connectivity index (χ1n) is 8.60. The number of benzene rings is 1. The Morgan fingerprint density at radius 3 is 2.52 bits per heavy atom. The molecule has 0 saturated carbocycles. The monoisotopic (exact) mass is 317 g/mol. The van der Waals surface area contributed by atoms with E-state index in [0.29, 0.717) is 18.2 Å². The Balaban J connectivity index is 2.12. The number of hydrogen-bond acceptors (Lipinski definition) is 3. The number of piperidine rings is 1. The van der Waals surface area contributed by atoms with Crippen LogP contribution in [0.5, 0.6) is 0 Å². The maximum Gasteiger partial charge on any atom is 0.304 e. The van der Waals surface area contributed by atoms with Gasteiger partial charge < -0.3 is 5.11 Å². The number of aliphatic carboxylic acids is 1. The molecule has 23 heavy (non-hydrogen) atoms. The van der Waals surface area contributed by atoms with Crippen LogP contribution in [0, 0.1) is 5.92 Å². The first-order chi connectivity index (χ1) is 11.0. The van der Waals surface area contributed by atoms with Gasteiger partial charge in [0.1, 0.15) is 0 Å². The van der Waals surface area contributed by atoms with Gasteiger partial charge in [-0.3, -0.25) is 14.5 Å². The highest BCUT2D eigenvalue weighted by Crippen LogP contribution is 2.21. The van der Waals surface area contributed by atoms with Crippen LogP contribution in [0.15, 0.2) is 24.3 Å². The van der Waals surface area contributed by atoms with Crippen molar-refractivity contribution in [3.63, 3.8) is 0 Å². The molecule has 1 aliphatic rings. The van der Waals surface area contributed by atoms with Crippen molar-refractivity contribution in [3.8, 4) is 0 Å². The minimum Gasteiger partial charge on any atom is -0.481 e. The van der Waals surface area contributed by atoms with Crippen LogP contribution in [0.1, 0.15) is 55.5 Å². The topological polar surface area (TPSA) is 57.6 Å². The summed E-state index contributed by atoms with van der Waals surface area (Å²) in [7, 11) is 0. The molecule has 0 bridgehead atoms. The highest BCUT2D eigenvalue weighted by atomic mass is 16.4. The molecule has 0 amide bonds. The molecule has 0 spiro atoms. The lowest BCUT2D eigenvalue weighted by molar-refractivity contribution is -0.138. The zero-order chi connectivity index (χ0) is 16.8. The first-order valence-corrected chi connectivity index (χ1v) is 8.60. The van der Waals surface area contributed by atoms with Gasteiger partial charge in [0.15, 0.2) is 5.78 Å². The maximum atomic E-state index is 12.8. The van der Waals surface area contributed by atoms with Gasteiger partial charge in [-0.1, -0.05) is 37.6 Å². The number of ketones is 1. The standard InChI is InChI=1S/C19H27NO3/c1-3-15-7-9-16(10-8-15)19(23)17(12-18(21)22)13-20-11-5-4-6-14(20)2/h7-10,14,17H,3-6,11-13H2,1-2H3,(H,21,22). The van der Waals surface area contributed by atoms with E-state index < -0.39 is 11.9 Å². The molecule has 0 aliphatic carbocycles. The zero-order valence-electron chi connectivity index (χ0n) is 14.1. The molecule has 4 nitrogen and oxygen atoms in total. The molecule has 1 aromatic rings. The van der Waals surface area contributed by atoms with Gasteiger partial charge in [-0.2, -0.15) is 0 Å². The van der Waals surface area contributed by atoms with E-state index >= 15 is 0 Å². The van der Waals surface area contributed by atoms with Crippen LogP contribution < -0.4 is 0 Å². The van der Waals surface area contributed by atoms with Crippen LogP contribution in [0.2, 0.25) is 0 Å². The molecule has 2 rings (SSSR count). The van der Waals surface area contributed by atoms with Crippen molar-refractivity contribution >= 4 is 11.8 Å². The van der Waals surface area contributed by atoms with Gasteiger partial charge in [0.2, 0.25) is 0 Å². The van der Waals surface area contributed by atoms with Gasteiger partial charge in [0.05, 0.1) is 6.42 Å². The molecule has 2 atom stereocenters. The smallest absolute Gasteiger partial charge is 0.304 e. The fourth-order valence-corrected chi connectivity index (χ4v) is 3.30. The van der Waals surface area contributed by atoms with Gasteiger partial charge >= 0.3 is 5.97 Å². The van der Waals surface area contributed by atoms with E-state index in [1.54, 1.807) is 0 Å². The van der Waals surface area contributed by atoms with Crippen LogP contribution in [-0.4, -0.2) is 40.9 Å². The number of carboxylic acids is 1. The summed E-state index contributed by atoms with van der Waals surface area (Å²) in [6.45, 7) is 5.74. The molecule has 1 heterocycles. The van der Waals surface area contributed by atoms with Crippen molar-refractivity contribution in [2.45, 2.75) is 52.0 Å². The first kappa shape index (κ1) is 17.7. The number of carbonyl (C=O) groups is 2. The number of nitrogens with zero attached hydrogens (tertiary/aromatic N) is 1. The average molecular weight is 317 g/mol. The lowest BCUT2D eigenvalue weighted by atomic mass is 9.91. The number of rotatable bonds is 7. The highest BCUT2D eigenvalue weighted by Gasteiger charge is 2.28. The van der Waals surface area contributed by atoms with Crippen LogP contribution in [0.25, 0.3) is 0 Å². The van der Waals surface area contributed by atoms with Crippen LogP contribution in [0.4, 0.5) is 0 Å². The largest absolute Gasteiger partial charge is 0.481 e. The average Bonchev–Trinajstić information content (AvgIpc) is 2.55. The molecule has 1 saturated heterocycles. The van der Waals surface area contributed by atoms with E-state index in [-0.39, 0.29) is 12.2 Å². The van der Waals surface area contributed by atoms with Crippen molar-refractivity contribution < 1.29 is 14.7 Å². The third-order valence-electron chi connectivity index (χ3n) is 4.83. The number of carboxylic acid groups (broad SMARTS) is 1. The number of aryl methyl sites for hydroxylation is 1. The Hall–Kier alpha value is -1.68. The van der Waals surface area contributed by atoms with E-state index in [1.807, 2.05) is 24.3 Å². The van der Waals surface area contributed by atoms with E-state index in [4.69, 9.17) is 0 Å². The van der Waals surface area contributed by atoms with E-state index in [2.05, 4.69) is 18.7 Å². The van der Waals surface area contributed by atoms with Gasteiger partial charge in [-0.15, -0.1) is 0 Å². The Kier molecular flexibility index (Phi) is 6.34. The molecule has 1 N–H and O–H groups in total.